The zero-order chi connectivity index (χ0) is 56.4. The third kappa shape index (κ3) is 64.2. The number of hydrogen-bond donors (Lipinski definition) is 0. The number of carbonyl (C=O) groups excluding carboxylic acids is 3. The highest BCUT2D eigenvalue weighted by molar-refractivity contribution is 5.71. The summed E-state index contributed by atoms with van der Waals surface area (Å²) in [7, 11) is 0. The lowest BCUT2D eigenvalue weighted by Gasteiger charge is -2.18. The molecule has 1 atom stereocenters. The second-order valence-electron chi connectivity index (χ2n) is 23.4. The lowest BCUT2D eigenvalue weighted by atomic mass is 10.0. The minimum Gasteiger partial charge on any atom is -0.462 e. The van der Waals surface area contributed by atoms with Crippen molar-refractivity contribution in [2.24, 2.45) is 0 Å². The Morgan fingerprint density at radius 1 is 0.256 bits per heavy atom. The van der Waals surface area contributed by atoms with Crippen LogP contribution in [0.2, 0.25) is 0 Å². The van der Waals surface area contributed by atoms with E-state index in [0.29, 0.717) is 19.3 Å². The molecule has 0 saturated carbocycles. The maximum Gasteiger partial charge on any atom is 0.306 e. The number of hydrogen-bond acceptors (Lipinski definition) is 6. The van der Waals surface area contributed by atoms with E-state index in [-0.39, 0.29) is 31.1 Å². The van der Waals surface area contributed by atoms with Crippen molar-refractivity contribution in [3.05, 3.63) is 48.6 Å². The van der Waals surface area contributed by atoms with E-state index in [1.807, 2.05) is 0 Å². The Bertz CT molecular complexity index is 1350. The van der Waals surface area contributed by atoms with Crippen molar-refractivity contribution in [3.63, 3.8) is 0 Å². The fourth-order valence-corrected chi connectivity index (χ4v) is 10.3. The minimum absolute atomic E-state index is 0.0733. The van der Waals surface area contributed by atoms with Gasteiger partial charge in [-0.1, -0.05) is 320 Å². The van der Waals surface area contributed by atoms with Gasteiger partial charge in [0.15, 0.2) is 6.10 Å². The molecular weight excluding hydrogens is 961 g/mol. The van der Waals surface area contributed by atoms with Crippen molar-refractivity contribution in [3.8, 4) is 0 Å². The summed E-state index contributed by atoms with van der Waals surface area (Å²) in [4.78, 5) is 38.4. The van der Waals surface area contributed by atoms with Crippen LogP contribution < -0.4 is 0 Å². The van der Waals surface area contributed by atoms with Crippen molar-refractivity contribution >= 4 is 17.9 Å². The number of esters is 3. The topological polar surface area (TPSA) is 78.9 Å². The summed E-state index contributed by atoms with van der Waals surface area (Å²) in [6.45, 7) is 6.66. The average molecular weight is 1090 g/mol. The molecule has 0 heterocycles. The molecule has 78 heavy (non-hydrogen) atoms. The summed E-state index contributed by atoms with van der Waals surface area (Å²) < 4.78 is 17.0. The predicted molar refractivity (Wildman–Crippen MR) is 339 cm³/mol. The summed E-state index contributed by atoms with van der Waals surface area (Å²) in [5.74, 6) is -0.860. The molecule has 0 spiro atoms. The Kier molecular flexibility index (Phi) is 64.6. The molecule has 0 aliphatic carbocycles. The van der Waals surface area contributed by atoms with Crippen LogP contribution in [-0.2, 0) is 28.6 Å². The lowest BCUT2D eigenvalue weighted by Crippen LogP contribution is -2.30. The van der Waals surface area contributed by atoms with Gasteiger partial charge in [0.25, 0.3) is 0 Å². The fraction of sp³-hybridized carbons (Fsp3) is 0.847. The third-order valence-electron chi connectivity index (χ3n) is 15.6. The van der Waals surface area contributed by atoms with Crippen LogP contribution in [0.15, 0.2) is 48.6 Å². The van der Waals surface area contributed by atoms with Crippen LogP contribution >= 0.6 is 0 Å². The van der Waals surface area contributed by atoms with Crippen LogP contribution in [-0.4, -0.2) is 37.2 Å². The van der Waals surface area contributed by atoms with Gasteiger partial charge in [-0.2, -0.15) is 0 Å². The van der Waals surface area contributed by atoms with Crippen molar-refractivity contribution in [2.45, 2.75) is 380 Å². The Morgan fingerprint density at radius 3 is 0.744 bits per heavy atom. The van der Waals surface area contributed by atoms with Crippen LogP contribution in [0.5, 0.6) is 0 Å². The van der Waals surface area contributed by atoms with Crippen LogP contribution in [0.3, 0.4) is 0 Å². The number of carbonyl (C=O) groups is 3. The number of rotatable bonds is 64. The maximum absolute atomic E-state index is 12.9. The first-order valence-corrected chi connectivity index (χ1v) is 34.6. The average Bonchev–Trinajstić information content (AvgIpc) is 3.44. The molecule has 0 N–H and O–H groups in total. The molecule has 456 valence electrons. The summed E-state index contributed by atoms with van der Waals surface area (Å²) in [5.41, 5.74) is 0. The molecule has 6 nitrogen and oxygen atoms in total. The molecular formula is C72H132O6. The predicted octanol–water partition coefficient (Wildman–Crippen LogP) is 23.7. The van der Waals surface area contributed by atoms with Gasteiger partial charge in [-0.3, -0.25) is 14.4 Å². The number of ether oxygens (including phenoxy) is 3. The molecule has 0 rings (SSSR count). The van der Waals surface area contributed by atoms with Gasteiger partial charge in [-0.15, -0.1) is 0 Å². The van der Waals surface area contributed by atoms with E-state index in [0.717, 1.165) is 77.0 Å². The highest BCUT2D eigenvalue weighted by Crippen LogP contribution is 2.18. The Labute approximate surface area is 486 Å². The standard InChI is InChI=1S/C72H132O6/c1-4-7-10-13-16-19-22-25-28-31-34-35-36-37-39-41-44-47-50-53-56-59-62-65-71(74)77-68-69(67-76-70(73)64-61-58-55-52-49-46-43-40-33-30-27-24-21-18-15-12-9-6-3)78-72(75)66-63-60-57-54-51-48-45-42-38-32-29-26-23-20-17-14-11-8-5-2/h17,20-21,24,26,29-30,33,69H,4-16,18-19,22-23,25,27-28,31-32,34-68H2,1-3H3/b20-17-,24-21-,29-26-,33-30-. The van der Waals surface area contributed by atoms with Crippen LogP contribution in [0, 0.1) is 0 Å². The molecule has 0 amide bonds. The van der Waals surface area contributed by atoms with Crippen molar-refractivity contribution in [2.75, 3.05) is 13.2 Å². The second-order valence-corrected chi connectivity index (χ2v) is 23.4. The number of allylic oxidation sites excluding steroid dienone is 8. The highest BCUT2D eigenvalue weighted by Gasteiger charge is 2.19. The van der Waals surface area contributed by atoms with E-state index >= 15 is 0 Å². The van der Waals surface area contributed by atoms with E-state index < -0.39 is 6.10 Å². The molecule has 0 aromatic carbocycles. The van der Waals surface area contributed by atoms with E-state index in [2.05, 4.69) is 69.4 Å². The summed E-state index contributed by atoms with van der Waals surface area (Å²) >= 11 is 0. The first kappa shape index (κ1) is 75.4. The Hall–Kier alpha value is -2.63. The van der Waals surface area contributed by atoms with E-state index in [1.54, 1.807) is 0 Å². The second kappa shape index (κ2) is 66.9. The zero-order valence-electron chi connectivity index (χ0n) is 52.5. The van der Waals surface area contributed by atoms with Crippen LogP contribution in [0.25, 0.3) is 0 Å². The lowest BCUT2D eigenvalue weighted by molar-refractivity contribution is -0.167. The maximum atomic E-state index is 12.9. The monoisotopic (exact) mass is 1090 g/mol. The minimum atomic E-state index is -0.779. The Morgan fingerprint density at radius 2 is 0.462 bits per heavy atom. The zero-order valence-corrected chi connectivity index (χ0v) is 52.5. The normalized spacial score (nSPS) is 12.3. The molecule has 0 fully saturated rings. The van der Waals surface area contributed by atoms with Gasteiger partial charge in [-0.25, -0.2) is 0 Å². The highest BCUT2D eigenvalue weighted by atomic mass is 16.6. The van der Waals surface area contributed by atoms with Gasteiger partial charge in [0.05, 0.1) is 0 Å². The van der Waals surface area contributed by atoms with Gasteiger partial charge < -0.3 is 14.2 Å². The number of unbranched alkanes of at least 4 members (excludes halogenated alkanes) is 45. The van der Waals surface area contributed by atoms with Gasteiger partial charge in [0.2, 0.25) is 0 Å². The van der Waals surface area contributed by atoms with Gasteiger partial charge in [0.1, 0.15) is 13.2 Å². The Balaban J connectivity index is 4.32. The largest absolute Gasteiger partial charge is 0.462 e. The van der Waals surface area contributed by atoms with Gasteiger partial charge in [-0.05, 0) is 83.5 Å². The quantitative estimate of drug-likeness (QED) is 0.0261. The molecule has 6 heteroatoms. The van der Waals surface area contributed by atoms with Crippen molar-refractivity contribution < 1.29 is 28.6 Å². The summed E-state index contributed by atoms with van der Waals surface area (Å²) in [5, 5.41) is 0. The molecule has 0 radical (unpaired) electrons. The van der Waals surface area contributed by atoms with Crippen LogP contribution in [0.4, 0.5) is 0 Å². The first-order valence-electron chi connectivity index (χ1n) is 34.6. The van der Waals surface area contributed by atoms with Crippen LogP contribution in [0.1, 0.15) is 374 Å². The van der Waals surface area contributed by atoms with Crippen molar-refractivity contribution in [1.82, 2.24) is 0 Å². The molecule has 0 aromatic heterocycles. The van der Waals surface area contributed by atoms with Gasteiger partial charge >= 0.3 is 17.9 Å². The molecule has 0 aliphatic rings. The molecule has 1 unspecified atom stereocenters. The molecule has 0 aromatic rings. The third-order valence-corrected chi connectivity index (χ3v) is 15.6. The smallest absolute Gasteiger partial charge is 0.306 e. The molecule has 0 bridgehead atoms. The molecule has 0 saturated heterocycles. The van der Waals surface area contributed by atoms with E-state index in [9.17, 15) is 14.4 Å². The van der Waals surface area contributed by atoms with E-state index in [4.69, 9.17) is 14.2 Å². The molecule has 0 aliphatic heterocycles. The first-order chi connectivity index (χ1) is 38.5. The van der Waals surface area contributed by atoms with Gasteiger partial charge in [0, 0.05) is 19.3 Å². The van der Waals surface area contributed by atoms with Crippen molar-refractivity contribution in [1.29, 1.82) is 0 Å². The van der Waals surface area contributed by atoms with E-state index in [1.165, 1.54) is 257 Å². The SMILES string of the molecule is CCCCC/C=C\C/C=C\CCCCCCCCCCCC(=O)OC(COC(=O)CCCCCCCCC/C=C\C/C=C\CCCCCC)COC(=O)CCCCCCCCCCCCCCCCCCCCCCCCC. The summed E-state index contributed by atoms with van der Waals surface area (Å²) in [6, 6.07) is 0. The fourth-order valence-electron chi connectivity index (χ4n) is 10.3. The summed E-state index contributed by atoms with van der Waals surface area (Å²) in [6.07, 6.45) is 84.1.